The first kappa shape index (κ1) is 12.9. The van der Waals surface area contributed by atoms with Crippen molar-refractivity contribution in [1.29, 1.82) is 0 Å². The zero-order chi connectivity index (χ0) is 12.3. The number of nitrogens with zero attached hydrogens (tertiary/aromatic N) is 1. The van der Waals surface area contributed by atoms with Crippen LogP contribution in [-0.4, -0.2) is 35.7 Å². The van der Waals surface area contributed by atoms with Crippen molar-refractivity contribution in [2.24, 2.45) is 5.92 Å². The fourth-order valence-corrected chi connectivity index (χ4v) is 2.70. The fraction of sp³-hybridized carbons (Fsp3) is 0.571. The Labute approximate surface area is 108 Å². The van der Waals surface area contributed by atoms with Crippen LogP contribution in [0.15, 0.2) is 24.3 Å². The lowest BCUT2D eigenvalue weighted by atomic mass is 9.99. The molecule has 1 saturated heterocycles. The Morgan fingerprint density at radius 3 is 2.76 bits per heavy atom. The molecule has 1 fully saturated rings. The normalized spacial score (nSPS) is 22.9. The van der Waals surface area contributed by atoms with E-state index in [0.29, 0.717) is 0 Å². The second-order valence-electron chi connectivity index (χ2n) is 5.09. The van der Waals surface area contributed by atoms with E-state index < -0.39 is 0 Å². The highest BCUT2D eigenvalue weighted by atomic mass is 35.5. The highest BCUT2D eigenvalue weighted by Crippen LogP contribution is 2.21. The Morgan fingerprint density at radius 2 is 2.12 bits per heavy atom. The number of β-amino-alcohol motifs (C(OH)–C–C–N with tert-alkyl or cyclic N) is 1. The molecule has 0 amide bonds. The molecule has 2 atom stereocenters. The van der Waals surface area contributed by atoms with Crippen LogP contribution < -0.4 is 0 Å². The SMILES string of the molecule is C[C@H](O)CN1CC[C@@H](Cc2ccc(Cl)cc2)C1. The van der Waals surface area contributed by atoms with Crippen LogP contribution >= 0.6 is 11.6 Å². The molecule has 1 aromatic rings. The Bertz CT molecular complexity index is 350. The summed E-state index contributed by atoms with van der Waals surface area (Å²) in [5.41, 5.74) is 1.36. The number of halogens is 1. The van der Waals surface area contributed by atoms with Crippen molar-refractivity contribution >= 4 is 11.6 Å². The maximum atomic E-state index is 9.36. The van der Waals surface area contributed by atoms with Gasteiger partial charge in [0.1, 0.15) is 0 Å². The smallest absolute Gasteiger partial charge is 0.0639 e. The van der Waals surface area contributed by atoms with E-state index >= 15 is 0 Å². The molecule has 1 aliphatic rings. The number of benzene rings is 1. The van der Waals surface area contributed by atoms with Crippen LogP contribution in [0.2, 0.25) is 5.02 Å². The number of likely N-dealkylation sites (tertiary alicyclic amines) is 1. The van der Waals surface area contributed by atoms with Gasteiger partial charge < -0.3 is 10.0 Å². The van der Waals surface area contributed by atoms with Gasteiger partial charge in [0.05, 0.1) is 6.10 Å². The largest absolute Gasteiger partial charge is 0.392 e. The number of rotatable bonds is 4. The molecule has 0 saturated carbocycles. The molecule has 0 spiro atoms. The average molecular weight is 254 g/mol. The quantitative estimate of drug-likeness (QED) is 0.892. The number of hydrogen-bond acceptors (Lipinski definition) is 2. The Balaban J connectivity index is 1.83. The summed E-state index contributed by atoms with van der Waals surface area (Å²) in [6, 6.07) is 8.14. The van der Waals surface area contributed by atoms with Crippen LogP contribution in [0.5, 0.6) is 0 Å². The van der Waals surface area contributed by atoms with E-state index in [0.717, 1.165) is 37.0 Å². The molecule has 3 heteroatoms. The summed E-state index contributed by atoms with van der Waals surface area (Å²) in [6.07, 6.45) is 2.13. The molecule has 0 bridgehead atoms. The monoisotopic (exact) mass is 253 g/mol. The second-order valence-corrected chi connectivity index (χ2v) is 5.53. The Hall–Kier alpha value is -0.570. The molecule has 1 N–H and O–H groups in total. The summed E-state index contributed by atoms with van der Waals surface area (Å²) in [4.78, 5) is 2.35. The first-order chi connectivity index (χ1) is 8.13. The highest BCUT2D eigenvalue weighted by Gasteiger charge is 2.23. The van der Waals surface area contributed by atoms with Gasteiger partial charge in [-0.2, -0.15) is 0 Å². The van der Waals surface area contributed by atoms with Crippen molar-refractivity contribution in [2.45, 2.75) is 25.9 Å². The minimum Gasteiger partial charge on any atom is -0.392 e. The Morgan fingerprint density at radius 1 is 1.41 bits per heavy atom. The van der Waals surface area contributed by atoms with Gasteiger partial charge >= 0.3 is 0 Å². The fourth-order valence-electron chi connectivity index (χ4n) is 2.57. The third-order valence-corrected chi connectivity index (χ3v) is 3.58. The van der Waals surface area contributed by atoms with E-state index in [-0.39, 0.29) is 6.10 Å². The van der Waals surface area contributed by atoms with E-state index in [4.69, 9.17) is 11.6 Å². The molecular weight excluding hydrogens is 234 g/mol. The minimum absolute atomic E-state index is 0.218. The van der Waals surface area contributed by atoms with Crippen LogP contribution in [0.4, 0.5) is 0 Å². The molecule has 0 unspecified atom stereocenters. The molecule has 0 aromatic heterocycles. The standard InChI is InChI=1S/C14H20ClNO/c1-11(17)9-16-7-6-13(10-16)8-12-2-4-14(15)5-3-12/h2-5,11,13,17H,6-10H2,1H3/t11-,13-/m0/s1. The maximum Gasteiger partial charge on any atom is 0.0639 e. The molecule has 1 aliphatic heterocycles. The van der Waals surface area contributed by atoms with Crippen LogP contribution in [0, 0.1) is 5.92 Å². The average Bonchev–Trinajstić information content (AvgIpc) is 2.68. The van der Waals surface area contributed by atoms with E-state index in [1.54, 1.807) is 0 Å². The van der Waals surface area contributed by atoms with Gasteiger partial charge in [0.25, 0.3) is 0 Å². The summed E-state index contributed by atoms with van der Waals surface area (Å²) in [6.45, 7) is 4.88. The lowest BCUT2D eigenvalue weighted by molar-refractivity contribution is 0.138. The lowest BCUT2D eigenvalue weighted by Crippen LogP contribution is -2.29. The highest BCUT2D eigenvalue weighted by molar-refractivity contribution is 6.30. The van der Waals surface area contributed by atoms with Crippen molar-refractivity contribution in [2.75, 3.05) is 19.6 Å². The van der Waals surface area contributed by atoms with E-state index in [1.807, 2.05) is 19.1 Å². The summed E-state index contributed by atoms with van der Waals surface area (Å²) < 4.78 is 0. The molecular formula is C14H20ClNO. The summed E-state index contributed by atoms with van der Waals surface area (Å²) in [7, 11) is 0. The second kappa shape index (κ2) is 5.85. The summed E-state index contributed by atoms with van der Waals surface area (Å²) in [5.74, 6) is 0.718. The molecule has 94 valence electrons. The molecule has 0 aliphatic carbocycles. The van der Waals surface area contributed by atoms with Gasteiger partial charge in [-0.15, -0.1) is 0 Å². The van der Waals surface area contributed by atoms with Gasteiger partial charge in [0.2, 0.25) is 0 Å². The molecule has 1 heterocycles. The Kier molecular flexibility index (Phi) is 4.43. The summed E-state index contributed by atoms with van der Waals surface area (Å²) in [5, 5.41) is 10.2. The first-order valence-electron chi connectivity index (χ1n) is 6.28. The molecule has 1 aromatic carbocycles. The zero-order valence-corrected chi connectivity index (χ0v) is 11.0. The number of aliphatic hydroxyl groups is 1. The van der Waals surface area contributed by atoms with Gasteiger partial charge in [-0.1, -0.05) is 23.7 Å². The molecule has 2 rings (SSSR count). The number of hydrogen-bond donors (Lipinski definition) is 1. The van der Waals surface area contributed by atoms with Crippen molar-refractivity contribution < 1.29 is 5.11 Å². The van der Waals surface area contributed by atoms with Crippen molar-refractivity contribution in [3.05, 3.63) is 34.9 Å². The zero-order valence-electron chi connectivity index (χ0n) is 10.3. The lowest BCUT2D eigenvalue weighted by Gasteiger charge is -2.17. The summed E-state index contributed by atoms with van der Waals surface area (Å²) >= 11 is 5.87. The predicted molar refractivity (Wildman–Crippen MR) is 71.4 cm³/mol. The van der Waals surface area contributed by atoms with Crippen molar-refractivity contribution in [3.8, 4) is 0 Å². The van der Waals surface area contributed by atoms with Gasteiger partial charge in [-0.25, -0.2) is 0 Å². The van der Waals surface area contributed by atoms with Crippen molar-refractivity contribution in [3.63, 3.8) is 0 Å². The predicted octanol–water partition coefficient (Wildman–Crippen LogP) is 2.59. The third-order valence-electron chi connectivity index (χ3n) is 3.33. The van der Waals surface area contributed by atoms with E-state index in [1.165, 1.54) is 12.0 Å². The maximum absolute atomic E-state index is 9.36. The molecule has 17 heavy (non-hydrogen) atoms. The molecule has 0 radical (unpaired) electrons. The van der Waals surface area contributed by atoms with E-state index in [9.17, 15) is 5.11 Å². The van der Waals surface area contributed by atoms with Gasteiger partial charge in [0.15, 0.2) is 0 Å². The third kappa shape index (κ3) is 3.98. The van der Waals surface area contributed by atoms with Gasteiger partial charge in [0, 0.05) is 18.1 Å². The van der Waals surface area contributed by atoms with Gasteiger partial charge in [-0.3, -0.25) is 0 Å². The van der Waals surface area contributed by atoms with Crippen molar-refractivity contribution in [1.82, 2.24) is 4.90 Å². The van der Waals surface area contributed by atoms with E-state index in [2.05, 4.69) is 17.0 Å². The van der Waals surface area contributed by atoms with Crippen LogP contribution in [-0.2, 0) is 6.42 Å². The minimum atomic E-state index is -0.218. The van der Waals surface area contributed by atoms with Crippen LogP contribution in [0.25, 0.3) is 0 Å². The number of aliphatic hydroxyl groups excluding tert-OH is 1. The van der Waals surface area contributed by atoms with Crippen LogP contribution in [0.3, 0.4) is 0 Å². The molecule has 2 nitrogen and oxygen atoms in total. The first-order valence-corrected chi connectivity index (χ1v) is 6.66. The van der Waals surface area contributed by atoms with Crippen LogP contribution in [0.1, 0.15) is 18.9 Å². The topological polar surface area (TPSA) is 23.5 Å². The van der Waals surface area contributed by atoms with Gasteiger partial charge in [-0.05, 0) is 49.9 Å².